The highest BCUT2D eigenvalue weighted by Crippen LogP contribution is 2.27. The number of nitrogens with two attached hydrogens (primary N) is 1. The zero-order valence-corrected chi connectivity index (χ0v) is 11.2. The highest BCUT2D eigenvalue weighted by molar-refractivity contribution is 6.31. The smallest absolute Gasteiger partial charge is 0.124 e. The van der Waals surface area contributed by atoms with Crippen LogP contribution in [0.4, 0.5) is 4.39 Å². The van der Waals surface area contributed by atoms with E-state index < -0.39 is 0 Å². The minimum atomic E-state index is -0.269. The molecule has 4 heteroatoms. The van der Waals surface area contributed by atoms with E-state index in [0.717, 1.165) is 11.1 Å². The van der Waals surface area contributed by atoms with Gasteiger partial charge in [0.15, 0.2) is 0 Å². The molecule has 0 saturated carbocycles. The molecule has 0 fully saturated rings. The summed E-state index contributed by atoms with van der Waals surface area (Å²) < 4.78 is 18.8. The minimum Gasteiger partial charge on any atom is -0.489 e. The van der Waals surface area contributed by atoms with Crippen molar-refractivity contribution in [1.29, 1.82) is 0 Å². The fourth-order valence-electron chi connectivity index (χ4n) is 1.85. The van der Waals surface area contributed by atoms with E-state index in [0.29, 0.717) is 30.3 Å². The molecule has 0 saturated heterocycles. The number of rotatable bonds is 5. The van der Waals surface area contributed by atoms with Crippen molar-refractivity contribution in [3.05, 3.63) is 64.4 Å². The highest BCUT2D eigenvalue weighted by Gasteiger charge is 2.07. The fraction of sp³-hybridized carbons (Fsp3) is 0.200. The lowest BCUT2D eigenvalue weighted by Crippen LogP contribution is -2.06. The molecule has 19 heavy (non-hydrogen) atoms. The van der Waals surface area contributed by atoms with E-state index >= 15 is 0 Å². The first kappa shape index (κ1) is 13.8. The maximum absolute atomic E-state index is 13.1. The lowest BCUT2D eigenvalue weighted by molar-refractivity contribution is 0.302. The number of benzene rings is 2. The van der Waals surface area contributed by atoms with Gasteiger partial charge in [0.05, 0.1) is 0 Å². The van der Waals surface area contributed by atoms with Crippen LogP contribution in [0.3, 0.4) is 0 Å². The summed E-state index contributed by atoms with van der Waals surface area (Å²) in [7, 11) is 0. The summed E-state index contributed by atoms with van der Waals surface area (Å²) in [5.74, 6) is 0.427. The Hall–Kier alpha value is -1.58. The standard InChI is InChI=1S/C15H15ClFNO/c16-14-5-2-6-15(13(14)7-8-18)19-10-11-3-1-4-12(17)9-11/h1-6,9H,7-8,10,18H2. The Kier molecular flexibility index (Phi) is 4.77. The van der Waals surface area contributed by atoms with Crippen molar-refractivity contribution >= 4 is 11.6 Å². The second kappa shape index (κ2) is 6.55. The quantitative estimate of drug-likeness (QED) is 0.908. The molecule has 0 spiro atoms. The first-order chi connectivity index (χ1) is 9.20. The molecule has 0 aliphatic carbocycles. The van der Waals surface area contributed by atoms with Crippen LogP contribution in [-0.4, -0.2) is 6.54 Å². The van der Waals surface area contributed by atoms with Crippen LogP contribution in [0.15, 0.2) is 42.5 Å². The molecule has 0 heterocycles. The predicted molar refractivity (Wildman–Crippen MR) is 74.9 cm³/mol. The maximum atomic E-state index is 13.1. The number of hydrogen-bond acceptors (Lipinski definition) is 2. The molecule has 0 unspecified atom stereocenters. The molecular weight excluding hydrogens is 265 g/mol. The van der Waals surface area contributed by atoms with E-state index in [2.05, 4.69) is 0 Å². The van der Waals surface area contributed by atoms with E-state index in [1.54, 1.807) is 6.07 Å². The Morgan fingerprint density at radius 1 is 1.16 bits per heavy atom. The van der Waals surface area contributed by atoms with Gasteiger partial charge in [0, 0.05) is 10.6 Å². The van der Waals surface area contributed by atoms with Gasteiger partial charge in [-0.05, 0) is 42.8 Å². The summed E-state index contributed by atoms with van der Waals surface area (Å²) in [6.45, 7) is 0.801. The van der Waals surface area contributed by atoms with Gasteiger partial charge in [-0.3, -0.25) is 0 Å². The summed E-state index contributed by atoms with van der Waals surface area (Å²) in [6.07, 6.45) is 0.651. The van der Waals surface area contributed by atoms with Gasteiger partial charge in [0.1, 0.15) is 18.2 Å². The lowest BCUT2D eigenvalue weighted by Gasteiger charge is -2.12. The number of hydrogen-bond donors (Lipinski definition) is 1. The van der Waals surface area contributed by atoms with Crippen molar-refractivity contribution in [1.82, 2.24) is 0 Å². The molecule has 2 N–H and O–H groups in total. The average Bonchev–Trinajstić information content (AvgIpc) is 2.40. The summed E-state index contributed by atoms with van der Waals surface area (Å²) in [5.41, 5.74) is 7.23. The minimum absolute atomic E-state index is 0.269. The van der Waals surface area contributed by atoms with Gasteiger partial charge in [-0.1, -0.05) is 29.8 Å². The van der Waals surface area contributed by atoms with E-state index in [9.17, 15) is 4.39 Å². The SMILES string of the molecule is NCCc1c(Cl)cccc1OCc1cccc(F)c1. The molecular formula is C15H15ClFNO. The zero-order valence-electron chi connectivity index (χ0n) is 10.4. The number of ether oxygens (including phenoxy) is 1. The topological polar surface area (TPSA) is 35.2 Å². The van der Waals surface area contributed by atoms with Gasteiger partial charge >= 0.3 is 0 Å². The van der Waals surface area contributed by atoms with Gasteiger partial charge in [-0.2, -0.15) is 0 Å². The first-order valence-electron chi connectivity index (χ1n) is 6.05. The Bertz CT molecular complexity index is 560. The molecule has 100 valence electrons. The first-order valence-corrected chi connectivity index (χ1v) is 6.43. The van der Waals surface area contributed by atoms with Crippen molar-refractivity contribution in [2.24, 2.45) is 5.73 Å². The van der Waals surface area contributed by atoms with Gasteiger partial charge in [-0.25, -0.2) is 4.39 Å². The largest absolute Gasteiger partial charge is 0.489 e. The third-order valence-corrected chi connectivity index (χ3v) is 3.11. The Balaban J connectivity index is 2.13. The van der Waals surface area contributed by atoms with Crippen molar-refractivity contribution in [3.63, 3.8) is 0 Å². The van der Waals surface area contributed by atoms with Crippen LogP contribution in [0, 0.1) is 5.82 Å². The van der Waals surface area contributed by atoms with E-state index in [4.69, 9.17) is 22.1 Å². The van der Waals surface area contributed by atoms with Crippen LogP contribution in [0.1, 0.15) is 11.1 Å². The van der Waals surface area contributed by atoms with Crippen LogP contribution in [0.2, 0.25) is 5.02 Å². The predicted octanol–water partition coefficient (Wildman–Crippen LogP) is 3.56. The van der Waals surface area contributed by atoms with Crippen molar-refractivity contribution in [2.75, 3.05) is 6.54 Å². The molecule has 2 rings (SSSR count). The monoisotopic (exact) mass is 279 g/mol. The van der Waals surface area contributed by atoms with Crippen LogP contribution in [0.25, 0.3) is 0 Å². The van der Waals surface area contributed by atoms with Crippen molar-refractivity contribution in [2.45, 2.75) is 13.0 Å². The normalized spacial score (nSPS) is 10.5. The highest BCUT2D eigenvalue weighted by atomic mass is 35.5. The average molecular weight is 280 g/mol. The molecule has 0 atom stereocenters. The van der Waals surface area contributed by atoms with Gasteiger partial charge in [0.2, 0.25) is 0 Å². The van der Waals surface area contributed by atoms with Crippen molar-refractivity contribution < 1.29 is 9.13 Å². The van der Waals surface area contributed by atoms with Gasteiger partial charge in [0.25, 0.3) is 0 Å². The van der Waals surface area contributed by atoms with E-state index in [-0.39, 0.29) is 5.82 Å². The van der Waals surface area contributed by atoms with Gasteiger partial charge < -0.3 is 10.5 Å². The summed E-state index contributed by atoms with van der Waals surface area (Å²) in [4.78, 5) is 0. The lowest BCUT2D eigenvalue weighted by atomic mass is 10.1. The Morgan fingerprint density at radius 3 is 2.68 bits per heavy atom. The van der Waals surface area contributed by atoms with Crippen molar-refractivity contribution in [3.8, 4) is 5.75 Å². The molecule has 0 aromatic heterocycles. The molecule has 0 bridgehead atoms. The zero-order chi connectivity index (χ0) is 13.7. The summed E-state index contributed by atoms with van der Waals surface area (Å²) in [5, 5.41) is 0.641. The molecule has 2 nitrogen and oxygen atoms in total. The Morgan fingerprint density at radius 2 is 1.95 bits per heavy atom. The van der Waals surface area contributed by atoms with Crippen LogP contribution >= 0.6 is 11.6 Å². The second-order valence-corrected chi connectivity index (χ2v) is 4.58. The van der Waals surface area contributed by atoms with E-state index in [1.165, 1.54) is 12.1 Å². The molecule has 0 aliphatic heterocycles. The summed E-state index contributed by atoms with van der Waals surface area (Å²) >= 11 is 6.12. The summed E-state index contributed by atoms with van der Waals surface area (Å²) in [6, 6.07) is 11.8. The van der Waals surface area contributed by atoms with Crippen LogP contribution < -0.4 is 10.5 Å². The molecule has 0 amide bonds. The molecule has 2 aromatic carbocycles. The van der Waals surface area contributed by atoms with E-state index in [1.807, 2.05) is 24.3 Å². The third kappa shape index (κ3) is 3.69. The molecule has 2 aromatic rings. The maximum Gasteiger partial charge on any atom is 0.124 e. The molecule has 0 radical (unpaired) electrons. The third-order valence-electron chi connectivity index (χ3n) is 2.75. The fourth-order valence-corrected chi connectivity index (χ4v) is 2.11. The molecule has 0 aliphatic rings. The van der Waals surface area contributed by atoms with Crippen LogP contribution in [-0.2, 0) is 13.0 Å². The second-order valence-electron chi connectivity index (χ2n) is 4.17. The Labute approximate surface area is 117 Å². The van der Waals surface area contributed by atoms with Crippen LogP contribution in [0.5, 0.6) is 5.75 Å². The van der Waals surface area contributed by atoms with Gasteiger partial charge in [-0.15, -0.1) is 0 Å². The number of halogens is 2.